The predicted octanol–water partition coefficient (Wildman–Crippen LogP) is 6.30. The fourth-order valence-corrected chi connectivity index (χ4v) is 6.90. The molecule has 4 atom stereocenters. The molecule has 0 spiro atoms. The van der Waals surface area contributed by atoms with Gasteiger partial charge in [-0.1, -0.05) is 28.8 Å². The van der Waals surface area contributed by atoms with Gasteiger partial charge in [-0.2, -0.15) is 0 Å². The molecular weight excluding hydrogens is 424 g/mol. The number of nitrogens with one attached hydrogen (secondary N) is 1. The van der Waals surface area contributed by atoms with Crippen LogP contribution in [0.25, 0.3) is 0 Å². The lowest BCUT2D eigenvalue weighted by Gasteiger charge is -2.46. The minimum absolute atomic E-state index is 0.0148. The van der Waals surface area contributed by atoms with E-state index in [1.165, 1.54) is 68.4 Å². The van der Waals surface area contributed by atoms with Gasteiger partial charge in [0, 0.05) is 34.5 Å². The van der Waals surface area contributed by atoms with E-state index in [-0.39, 0.29) is 5.91 Å². The Hall–Kier alpha value is -1.81. The largest absolute Gasteiger partial charge is 0.370 e. The molecule has 6 rings (SSSR count). The Labute approximate surface area is 181 Å². The number of hydrogen-bond acceptors (Lipinski definition) is 2. The zero-order chi connectivity index (χ0) is 19.5. The number of carbonyl (C=O) groups excluding carboxylic acids is 1. The maximum Gasteiger partial charge on any atom is 0.255 e. The third kappa shape index (κ3) is 2.94. The average Bonchev–Trinajstić information content (AvgIpc) is 3.38. The highest BCUT2D eigenvalue weighted by molar-refractivity contribution is 9.10. The van der Waals surface area contributed by atoms with E-state index < -0.39 is 0 Å². The third-order valence-electron chi connectivity index (χ3n) is 7.88. The molecule has 29 heavy (non-hydrogen) atoms. The smallest absolute Gasteiger partial charge is 0.255 e. The Morgan fingerprint density at radius 2 is 1.48 bits per heavy atom. The van der Waals surface area contributed by atoms with Gasteiger partial charge in [-0.3, -0.25) is 4.79 Å². The van der Waals surface area contributed by atoms with Crippen molar-refractivity contribution in [2.75, 3.05) is 23.3 Å². The van der Waals surface area contributed by atoms with Crippen LogP contribution in [0.2, 0.25) is 0 Å². The molecule has 0 radical (unpaired) electrons. The summed E-state index contributed by atoms with van der Waals surface area (Å²) in [6.45, 7) is 2.50. The van der Waals surface area contributed by atoms with Crippen molar-refractivity contribution in [2.45, 2.75) is 50.4 Å². The normalized spacial score (nSPS) is 29.2. The van der Waals surface area contributed by atoms with Crippen LogP contribution < -0.4 is 10.2 Å². The molecule has 2 aliphatic heterocycles. The summed E-state index contributed by atoms with van der Waals surface area (Å²) in [7, 11) is 0. The van der Waals surface area contributed by atoms with Crippen LogP contribution in [-0.4, -0.2) is 19.0 Å². The highest BCUT2D eigenvalue weighted by atomic mass is 79.9. The maximum atomic E-state index is 12.9. The Morgan fingerprint density at radius 1 is 0.897 bits per heavy atom. The van der Waals surface area contributed by atoms with Gasteiger partial charge in [-0.25, -0.2) is 0 Å². The summed E-state index contributed by atoms with van der Waals surface area (Å²) in [4.78, 5) is 15.6. The highest BCUT2D eigenvalue weighted by Crippen LogP contribution is 2.56. The molecule has 150 valence electrons. The lowest BCUT2D eigenvalue weighted by atomic mass is 9.75. The van der Waals surface area contributed by atoms with Crippen molar-refractivity contribution in [1.82, 2.24) is 0 Å². The Kier molecular flexibility index (Phi) is 4.26. The summed E-state index contributed by atoms with van der Waals surface area (Å²) in [5, 5.41) is 3.23. The molecule has 2 aromatic carbocycles. The fraction of sp³-hybridized carbons (Fsp3) is 0.480. The minimum atomic E-state index is -0.0148. The van der Waals surface area contributed by atoms with Crippen molar-refractivity contribution < 1.29 is 4.79 Å². The summed E-state index contributed by atoms with van der Waals surface area (Å²) in [5.41, 5.74) is 6.28. The summed E-state index contributed by atoms with van der Waals surface area (Å²) in [5.74, 6) is 2.94. The molecule has 0 aromatic heterocycles. The zero-order valence-corrected chi connectivity index (χ0v) is 18.2. The second-order valence-electron chi connectivity index (χ2n) is 9.46. The van der Waals surface area contributed by atoms with Gasteiger partial charge in [0.15, 0.2) is 0 Å². The molecular formula is C25H27BrN2O. The summed E-state index contributed by atoms with van der Waals surface area (Å²) < 4.78 is 0.993. The van der Waals surface area contributed by atoms with E-state index in [9.17, 15) is 4.79 Å². The lowest BCUT2D eigenvalue weighted by molar-refractivity contribution is 0.102. The molecule has 2 aliphatic carbocycles. The summed E-state index contributed by atoms with van der Waals surface area (Å²) >= 11 is 3.45. The molecule has 0 bridgehead atoms. The number of fused-ring (bicyclic) bond motifs is 4. The molecule has 2 aromatic rings. The molecule has 1 amide bonds. The van der Waals surface area contributed by atoms with Gasteiger partial charge in [0.2, 0.25) is 0 Å². The van der Waals surface area contributed by atoms with Crippen LogP contribution in [0.15, 0.2) is 40.9 Å². The van der Waals surface area contributed by atoms with Gasteiger partial charge in [-0.05, 0) is 96.9 Å². The van der Waals surface area contributed by atoms with Gasteiger partial charge < -0.3 is 10.2 Å². The zero-order valence-electron chi connectivity index (χ0n) is 16.7. The molecule has 2 saturated carbocycles. The Morgan fingerprint density at radius 3 is 2.07 bits per heavy atom. The SMILES string of the molecule is O=C(Nc1cc2c3c(c1)[C@H]1CCC[C@H]1CN3C[C@H]1CCC[C@H]21)c1ccc(Br)cc1. The van der Waals surface area contributed by atoms with Gasteiger partial charge in [0.25, 0.3) is 5.91 Å². The van der Waals surface area contributed by atoms with Gasteiger partial charge in [0.1, 0.15) is 0 Å². The van der Waals surface area contributed by atoms with E-state index in [0.29, 0.717) is 17.4 Å². The first-order valence-corrected chi connectivity index (χ1v) is 12.0. The van der Waals surface area contributed by atoms with E-state index in [1.807, 2.05) is 24.3 Å². The van der Waals surface area contributed by atoms with Crippen molar-refractivity contribution in [3.8, 4) is 0 Å². The predicted molar refractivity (Wildman–Crippen MR) is 121 cm³/mol. The molecule has 4 aliphatic rings. The fourth-order valence-electron chi connectivity index (χ4n) is 6.64. The van der Waals surface area contributed by atoms with Crippen LogP contribution in [0.3, 0.4) is 0 Å². The summed E-state index contributed by atoms with van der Waals surface area (Å²) in [6, 6.07) is 12.2. The van der Waals surface area contributed by atoms with Crippen LogP contribution >= 0.6 is 15.9 Å². The van der Waals surface area contributed by atoms with Crippen LogP contribution in [0.5, 0.6) is 0 Å². The van der Waals surface area contributed by atoms with E-state index in [0.717, 1.165) is 22.0 Å². The number of halogens is 1. The first-order chi connectivity index (χ1) is 14.2. The number of anilines is 2. The average molecular weight is 451 g/mol. The number of benzene rings is 2. The Balaban J connectivity index is 1.41. The van der Waals surface area contributed by atoms with Crippen LogP contribution in [0, 0.1) is 11.8 Å². The monoisotopic (exact) mass is 450 g/mol. The van der Waals surface area contributed by atoms with Crippen LogP contribution in [0.4, 0.5) is 11.4 Å². The number of nitrogens with zero attached hydrogens (tertiary/aromatic N) is 1. The van der Waals surface area contributed by atoms with Crippen molar-refractivity contribution in [2.24, 2.45) is 11.8 Å². The Bertz CT molecular complexity index is 924. The maximum absolute atomic E-state index is 12.9. The standard InChI is InChI=1S/C25H27BrN2O/c26-18-9-7-15(8-10-18)25(29)27-19-11-22-20-5-1-3-16(20)13-28-14-17-4-2-6-21(17)23(12-19)24(22)28/h7-12,16-17,20-21H,1-6,13-14H2,(H,27,29)/t16-,17+,20-,21-/m0/s1. The van der Waals surface area contributed by atoms with E-state index in [4.69, 9.17) is 0 Å². The van der Waals surface area contributed by atoms with E-state index in [2.05, 4.69) is 38.3 Å². The molecule has 1 N–H and O–H groups in total. The quantitative estimate of drug-likeness (QED) is 0.581. The highest BCUT2D eigenvalue weighted by Gasteiger charge is 2.44. The minimum Gasteiger partial charge on any atom is -0.370 e. The second kappa shape index (κ2) is 6.87. The lowest BCUT2D eigenvalue weighted by Crippen LogP contribution is -2.43. The molecule has 2 fully saturated rings. The molecule has 2 heterocycles. The van der Waals surface area contributed by atoms with Crippen LogP contribution in [-0.2, 0) is 0 Å². The van der Waals surface area contributed by atoms with E-state index in [1.54, 1.807) is 0 Å². The first-order valence-electron chi connectivity index (χ1n) is 11.2. The molecule has 0 unspecified atom stereocenters. The summed E-state index contributed by atoms with van der Waals surface area (Å²) in [6.07, 6.45) is 8.03. The number of amides is 1. The molecule has 3 nitrogen and oxygen atoms in total. The number of rotatable bonds is 2. The number of hydrogen-bond donors (Lipinski definition) is 1. The molecule has 4 heteroatoms. The van der Waals surface area contributed by atoms with Crippen molar-refractivity contribution in [3.63, 3.8) is 0 Å². The van der Waals surface area contributed by atoms with Gasteiger partial charge >= 0.3 is 0 Å². The molecule has 0 saturated heterocycles. The number of carbonyl (C=O) groups is 1. The van der Waals surface area contributed by atoms with Crippen molar-refractivity contribution in [3.05, 3.63) is 57.6 Å². The first kappa shape index (κ1) is 18.0. The van der Waals surface area contributed by atoms with Gasteiger partial charge in [0.05, 0.1) is 0 Å². The topological polar surface area (TPSA) is 32.3 Å². The second-order valence-corrected chi connectivity index (χ2v) is 10.4. The van der Waals surface area contributed by atoms with Crippen LogP contribution in [0.1, 0.15) is 71.8 Å². The van der Waals surface area contributed by atoms with Crippen molar-refractivity contribution in [1.29, 1.82) is 0 Å². The van der Waals surface area contributed by atoms with E-state index >= 15 is 0 Å². The van der Waals surface area contributed by atoms with Gasteiger partial charge in [-0.15, -0.1) is 0 Å². The van der Waals surface area contributed by atoms with Crippen molar-refractivity contribution >= 4 is 33.2 Å². The third-order valence-corrected chi connectivity index (χ3v) is 8.40.